The fraction of sp³-hybridized carbons (Fsp3) is 0.658. The van der Waals surface area contributed by atoms with E-state index in [0.29, 0.717) is 49.1 Å². The van der Waals surface area contributed by atoms with E-state index >= 15 is 0 Å². The van der Waals surface area contributed by atoms with Gasteiger partial charge in [0.25, 0.3) is 5.91 Å². The minimum absolute atomic E-state index is 0.00779. The van der Waals surface area contributed by atoms with E-state index in [9.17, 15) is 20.1 Å². The maximum Gasteiger partial charge on any atom is 0.254 e. The van der Waals surface area contributed by atoms with Crippen LogP contribution in [0.1, 0.15) is 84.1 Å². The number of nitrogens with zero attached hydrogens (tertiary/aromatic N) is 1. The molecule has 1 amide bonds. The monoisotopic (exact) mass is 621 g/mol. The largest absolute Gasteiger partial charge is 0.396 e. The van der Waals surface area contributed by atoms with Crippen LogP contribution in [-0.2, 0) is 16.0 Å². The number of ether oxygens (including phenoxy) is 1. The van der Waals surface area contributed by atoms with Crippen LogP contribution in [0.15, 0.2) is 65.8 Å². The first-order chi connectivity index (χ1) is 21.5. The smallest absolute Gasteiger partial charge is 0.254 e. The second-order valence-electron chi connectivity index (χ2n) is 14.8. The third kappa shape index (κ3) is 7.18. The normalized spacial score (nSPS) is 37.9. The van der Waals surface area contributed by atoms with Gasteiger partial charge in [0, 0.05) is 38.6 Å². The molecule has 1 aromatic rings. The zero-order valence-electron chi connectivity index (χ0n) is 27.5. The molecule has 4 aliphatic rings. The van der Waals surface area contributed by atoms with E-state index in [1.54, 1.807) is 6.92 Å². The number of aliphatic hydroxyl groups excluding tert-OH is 3. The van der Waals surface area contributed by atoms with Gasteiger partial charge in [0.2, 0.25) is 0 Å². The van der Waals surface area contributed by atoms with Gasteiger partial charge >= 0.3 is 0 Å². The van der Waals surface area contributed by atoms with E-state index in [-0.39, 0.29) is 30.6 Å². The van der Waals surface area contributed by atoms with Crippen molar-refractivity contribution in [2.45, 2.75) is 115 Å². The van der Waals surface area contributed by atoms with Crippen LogP contribution in [0.5, 0.6) is 0 Å². The van der Waals surface area contributed by atoms with Crippen molar-refractivity contribution < 1.29 is 30.0 Å². The highest BCUT2D eigenvalue weighted by Gasteiger charge is 2.53. The molecule has 0 unspecified atom stereocenters. The fourth-order valence-electron chi connectivity index (χ4n) is 9.27. The Morgan fingerprint density at radius 2 is 1.91 bits per heavy atom. The molecule has 3 aliphatic carbocycles. The molecule has 4 fully saturated rings. The summed E-state index contributed by atoms with van der Waals surface area (Å²) in [7, 11) is 0. The molecule has 7 nitrogen and oxygen atoms in total. The molecule has 1 heterocycles. The van der Waals surface area contributed by atoms with E-state index in [2.05, 4.69) is 44.7 Å². The summed E-state index contributed by atoms with van der Waals surface area (Å²) in [6.07, 6.45) is 10.5. The van der Waals surface area contributed by atoms with Gasteiger partial charge in [-0.05, 0) is 98.2 Å². The Bertz CT molecular complexity index is 1260. The zero-order chi connectivity index (χ0) is 32.4. The number of hydrogen-bond acceptors (Lipinski definition) is 6. The molecule has 0 spiro atoms. The van der Waals surface area contributed by atoms with Crippen molar-refractivity contribution >= 4 is 5.91 Å². The van der Waals surface area contributed by atoms with Crippen molar-refractivity contribution in [3.8, 4) is 0 Å². The molecule has 7 heteroatoms. The van der Waals surface area contributed by atoms with Crippen LogP contribution in [0.25, 0.3) is 0 Å². The lowest BCUT2D eigenvalue weighted by Crippen LogP contribution is -2.45. The molecule has 1 saturated heterocycles. The van der Waals surface area contributed by atoms with Gasteiger partial charge in [-0.2, -0.15) is 0 Å². The number of benzene rings is 1. The maximum atomic E-state index is 13.2. The van der Waals surface area contributed by atoms with Gasteiger partial charge < -0.3 is 30.1 Å². The van der Waals surface area contributed by atoms with Crippen molar-refractivity contribution in [1.82, 2.24) is 4.90 Å². The van der Waals surface area contributed by atoms with E-state index in [0.717, 1.165) is 44.1 Å². The third-order valence-corrected chi connectivity index (χ3v) is 11.6. The molecule has 4 N–H and O–H groups in total. The molecular formula is C38H55NO6. The number of likely N-dealkylation sites (tertiary alicyclic amines) is 1. The van der Waals surface area contributed by atoms with E-state index in [1.807, 2.05) is 23.1 Å². The van der Waals surface area contributed by atoms with Crippen LogP contribution < -0.4 is 0 Å². The van der Waals surface area contributed by atoms with Crippen molar-refractivity contribution in [2.24, 2.45) is 23.2 Å². The standard InChI is InChI=1S/C38H55NO6/c1-25(22-30-24-38(4,44)36(43)39(30)19-17-27-10-6-5-7-11-27)31-15-16-32-28(12-8-18-37(31,32)3)13-14-29-23-33(41)35(34(42)26(29)2)45-21-9-20-40/h5-7,10-11,13-14,25,30-35,40-42,44H,2,8-9,12,15-24H2,1,3-4H3/b28-13+,29-14-/t25-,30+,31-,32+,33-,34-,35+,37-,38+/m1/s1. The summed E-state index contributed by atoms with van der Waals surface area (Å²) in [5.74, 6) is 1.32. The van der Waals surface area contributed by atoms with Crippen LogP contribution in [0.2, 0.25) is 0 Å². The van der Waals surface area contributed by atoms with Gasteiger partial charge in [0.15, 0.2) is 0 Å². The molecule has 248 valence electrons. The summed E-state index contributed by atoms with van der Waals surface area (Å²) in [5, 5.41) is 41.6. The molecule has 1 aliphatic heterocycles. The fourth-order valence-corrected chi connectivity index (χ4v) is 9.27. The van der Waals surface area contributed by atoms with E-state index in [1.165, 1.54) is 17.6 Å². The second kappa shape index (κ2) is 14.2. The Morgan fingerprint density at radius 1 is 1.16 bits per heavy atom. The molecule has 3 saturated carbocycles. The van der Waals surface area contributed by atoms with Crippen LogP contribution >= 0.6 is 0 Å². The van der Waals surface area contributed by atoms with Crippen molar-refractivity contribution in [1.29, 1.82) is 0 Å². The maximum absolute atomic E-state index is 13.2. The minimum atomic E-state index is -1.30. The summed E-state index contributed by atoms with van der Waals surface area (Å²) >= 11 is 0. The van der Waals surface area contributed by atoms with Gasteiger partial charge in [-0.15, -0.1) is 0 Å². The van der Waals surface area contributed by atoms with E-state index < -0.39 is 23.9 Å². The highest BCUT2D eigenvalue weighted by Crippen LogP contribution is 2.60. The van der Waals surface area contributed by atoms with Crippen molar-refractivity contribution in [3.05, 3.63) is 71.3 Å². The van der Waals surface area contributed by atoms with Crippen LogP contribution in [0.4, 0.5) is 0 Å². The number of aliphatic hydroxyl groups is 4. The number of carbonyl (C=O) groups is 1. The van der Waals surface area contributed by atoms with Crippen LogP contribution in [-0.4, -0.2) is 80.9 Å². The first kappa shape index (κ1) is 34.1. The second-order valence-corrected chi connectivity index (χ2v) is 14.8. The number of rotatable bonds is 11. The average Bonchev–Trinajstić information content (AvgIpc) is 3.47. The molecule has 0 radical (unpaired) electrons. The van der Waals surface area contributed by atoms with Crippen molar-refractivity contribution in [2.75, 3.05) is 19.8 Å². The Morgan fingerprint density at radius 3 is 2.64 bits per heavy atom. The number of carbonyl (C=O) groups excluding carboxylic acids is 1. The van der Waals surface area contributed by atoms with Gasteiger partial charge in [0.1, 0.15) is 17.8 Å². The lowest BCUT2D eigenvalue weighted by molar-refractivity contribution is -0.142. The number of allylic oxidation sites excluding steroid dienone is 3. The summed E-state index contributed by atoms with van der Waals surface area (Å²) in [6, 6.07) is 10.3. The number of hydrogen-bond donors (Lipinski definition) is 4. The number of fused-ring (bicyclic) bond motifs is 1. The summed E-state index contributed by atoms with van der Waals surface area (Å²) in [4.78, 5) is 15.2. The SMILES string of the molecule is C=C1/C(=C\C=C2/CCC[C@]3(C)[C@@H]([C@H](C)C[C@H]4C[C@](C)(O)C(=O)N4CCc4ccccc4)CC[C@@H]23)C[C@@H](O)[C@H](OCCCO)[C@@H]1O. The Kier molecular flexibility index (Phi) is 10.8. The van der Waals surface area contributed by atoms with Gasteiger partial charge in [-0.25, -0.2) is 0 Å². The first-order valence-electron chi connectivity index (χ1n) is 17.2. The quantitative estimate of drug-likeness (QED) is 0.255. The molecule has 0 aromatic heterocycles. The summed E-state index contributed by atoms with van der Waals surface area (Å²) in [6.45, 7) is 11.6. The Hall–Kier alpha value is -2.29. The zero-order valence-corrected chi connectivity index (χ0v) is 27.5. The molecule has 0 bridgehead atoms. The molecule has 5 rings (SSSR count). The molecule has 45 heavy (non-hydrogen) atoms. The van der Waals surface area contributed by atoms with Crippen molar-refractivity contribution in [3.63, 3.8) is 0 Å². The average molecular weight is 622 g/mol. The lowest BCUT2D eigenvalue weighted by Gasteiger charge is -2.45. The highest BCUT2D eigenvalue weighted by atomic mass is 16.5. The minimum Gasteiger partial charge on any atom is -0.396 e. The lowest BCUT2D eigenvalue weighted by atomic mass is 9.60. The summed E-state index contributed by atoms with van der Waals surface area (Å²) in [5.41, 5.74) is 3.00. The topological polar surface area (TPSA) is 110 Å². The predicted octanol–water partition coefficient (Wildman–Crippen LogP) is 5.13. The Labute approximate surface area is 269 Å². The third-order valence-electron chi connectivity index (χ3n) is 11.6. The Balaban J connectivity index is 1.25. The predicted molar refractivity (Wildman–Crippen MR) is 176 cm³/mol. The number of amides is 1. The van der Waals surface area contributed by atoms with Crippen LogP contribution in [0.3, 0.4) is 0 Å². The molecular weight excluding hydrogens is 566 g/mol. The molecule has 1 aromatic carbocycles. The molecule has 9 atom stereocenters. The van der Waals surface area contributed by atoms with Gasteiger partial charge in [-0.1, -0.05) is 68.5 Å². The summed E-state index contributed by atoms with van der Waals surface area (Å²) < 4.78 is 5.67. The van der Waals surface area contributed by atoms with E-state index in [4.69, 9.17) is 9.84 Å². The van der Waals surface area contributed by atoms with Gasteiger partial charge in [0.05, 0.1) is 6.10 Å². The van der Waals surface area contributed by atoms with Crippen LogP contribution in [0, 0.1) is 23.2 Å². The highest BCUT2D eigenvalue weighted by molar-refractivity contribution is 5.87. The van der Waals surface area contributed by atoms with Gasteiger partial charge in [-0.3, -0.25) is 4.79 Å². The first-order valence-corrected chi connectivity index (χ1v) is 17.2.